The number of halogens is 1. The second-order valence-corrected chi connectivity index (χ2v) is 6.83. The third-order valence-corrected chi connectivity index (χ3v) is 4.58. The van der Waals surface area contributed by atoms with Crippen LogP contribution < -0.4 is 5.32 Å². The lowest BCUT2D eigenvalue weighted by Crippen LogP contribution is -2.19. The van der Waals surface area contributed by atoms with Gasteiger partial charge in [0.2, 0.25) is 0 Å². The van der Waals surface area contributed by atoms with Crippen molar-refractivity contribution >= 4 is 46.2 Å². The second-order valence-electron chi connectivity index (χ2n) is 5.36. The number of carbonyl (C=O) groups is 1. The zero-order valence-electron chi connectivity index (χ0n) is 13.4. The summed E-state index contributed by atoms with van der Waals surface area (Å²) in [5.74, 6) is -0.196. The van der Waals surface area contributed by atoms with Crippen LogP contribution in [0.2, 0.25) is 0 Å². The van der Waals surface area contributed by atoms with Crippen LogP contribution in [-0.2, 0) is 4.79 Å². The van der Waals surface area contributed by atoms with Crippen molar-refractivity contribution in [2.45, 2.75) is 6.92 Å². The molecule has 2 N–H and O–H groups in total. The van der Waals surface area contributed by atoms with Gasteiger partial charge in [0.25, 0.3) is 5.91 Å². The molecule has 1 saturated heterocycles. The van der Waals surface area contributed by atoms with Crippen LogP contribution in [0.4, 0.5) is 5.69 Å². The molecule has 1 fully saturated rings. The van der Waals surface area contributed by atoms with Crippen molar-refractivity contribution < 1.29 is 9.90 Å². The molecule has 6 heteroatoms. The minimum atomic E-state index is -0.267. The van der Waals surface area contributed by atoms with Gasteiger partial charge in [0, 0.05) is 5.03 Å². The largest absolute Gasteiger partial charge is 0.506 e. The number of allylic oxidation sites excluding steroid dienone is 2. The molecule has 0 saturated carbocycles. The molecule has 0 aliphatic carbocycles. The second kappa shape index (κ2) is 7.59. The average molecular weight is 371 g/mol. The Morgan fingerprint density at radius 3 is 2.68 bits per heavy atom. The van der Waals surface area contributed by atoms with E-state index in [1.165, 1.54) is 11.8 Å². The molecule has 2 aromatic carbocycles. The number of aliphatic imine (C=N–C) groups is 1. The molecule has 126 valence electrons. The highest BCUT2D eigenvalue weighted by molar-refractivity contribution is 8.18. The van der Waals surface area contributed by atoms with E-state index in [0.29, 0.717) is 20.8 Å². The normalized spacial score (nSPS) is 18.0. The zero-order chi connectivity index (χ0) is 17.8. The summed E-state index contributed by atoms with van der Waals surface area (Å²) in [6, 6.07) is 14.8. The lowest BCUT2D eigenvalue weighted by molar-refractivity contribution is -0.115. The number of nitrogens with one attached hydrogen (secondary N) is 1. The summed E-state index contributed by atoms with van der Waals surface area (Å²) in [6.45, 7) is 1.84. The van der Waals surface area contributed by atoms with E-state index >= 15 is 0 Å². The summed E-state index contributed by atoms with van der Waals surface area (Å²) in [7, 11) is 0. The average Bonchev–Trinajstić information content (AvgIpc) is 2.91. The summed E-state index contributed by atoms with van der Waals surface area (Å²) in [5, 5.41) is 13.5. The van der Waals surface area contributed by atoms with Gasteiger partial charge in [-0.3, -0.25) is 4.79 Å². The van der Waals surface area contributed by atoms with E-state index in [9.17, 15) is 9.90 Å². The molecule has 4 nitrogen and oxygen atoms in total. The molecular formula is C19H15ClN2O2S. The maximum atomic E-state index is 12.1. The maximum absolute atomic E-state index is 12.1. The number of amides is 1. The van der Waals surface area contributed by atoms with Crippen molar-refractivity contribution in [3.63, 3.8) is 0 Å². The van der Waals surface area contributed by atoms with Gasteiger partial charge in [0.05, 0.1) is 4.91 Å². The van der Waals surface area contributed by atoms with E-state index in [0.717, 1.165) is 11.1 Å². The molecule has 0 bridgehead atoms. The number of nitrogens with zero attached hydrogens (tertiary/aromatic N) is 1. The fourth-order valence-corrected chi connectivity index (χ4v) is 3.36. The summed E-state index contributed by atoms with van der Waals surface area (Å²) >= 11 is 7.41. The number of aryl methyl sites for hydroxylation is 1. The van der Waals surface area contributed by atoms with Crippen LogP contribution in [0.5, 0.6) is 5.75 Å². The van der Waals surface area contributed by atoms with E-state index < -0.39 is 0 Å². The van der Waals surface area contributed by atoms with Crippen LogP contribution in [-0.4, -0.2) is 16.2 Å². The molecular weight excluding hydrogens is 356 g/mol. The Hall–Kier alpha value is -2.50. The van der Waals surface area contributed by atoms with Crippen molar-refractivity contribution in [3.8, 4) is 5.75 Å². The number of benzene rings is 2. The minimum absolute atomic E-state index is 0.0711. The molecule has 1 aliphatic rings. The SMILES string of the molecule is Cc1cccc(O)c1N=C1NC(=O)/C(=C/C(Cl)=C/c2ccccc2)S1. The molecule has 0 aromatic heterocycles. The number of aromatic hydroxyl groups is 1. The number of amidine groups is 1. The molecule has 0 spiro atoms. The Morgan fingerprint density at radius 1 is 1.20 bits per heavy atom. The van der Waals surface area contributed by atoms with Crippen LogP contribution in [0.15, 0.2) is 69.5 Å². The third kappa shape index (κ3) is 4.32. The lowest BCUT2D eigenvalue weighted by atomic mass is 10.2. The van der Waals surface area contributed by atoms with Gasteiger partial charge in [0.1, 0.15) is 11.4 Å². The van der Waals surface area contributed by atoms with E-state index in [1.54, 1.807) is 24.3 Å². The fraction of sp³-hybridized carbons (Fsp3) is 0.0526. The van der Waals surface area contributed by atoms with Crippen molar-refractivity contribution in [2.24, 2.45) is 4.99 Å². The Bertz CT molecular complexity index is 885. The number of para-hydroxylation sites is 1. The van der Waals surface area contributed by atoms with Gasteiger partial charge in [-0.05, 0) is 48.0 Å². The van der Waals surface area contributed by atoms with Crippen molar-refractivity contribution in [3.05, 3.63) is 75.7 Å². The first-order valence-corrected chi connectivity index (χ1v) is 8.73. The number of thioether (sulfide) groups is 1. The van der Waals surface area contributed by atoms with Crippen molar-refractivity contribution in [1.29, 1.82) is 0 Å². The third-order valence-electron chi connectivity index (χ3n) is 3.45. The summed E-state index contributed by atoms with van der Waals surface area (Å²) < 4.78 is 0. The molecule has 0 unspecified atom stereocenters. The molecule has 0 radical (unpaired) electrons. The van der Waals surface area contributed by atoms with Crippen LogP contribution >= 0.6 is 23.4 Å². The smallest absolute Gasteiger partial charge is 0.264 e. The van der Waals surface area contributed by atoms with Gasteiger partial charge in [-0.15, -0.1) is 0 Å². The fourth-order valence-electron chi connectivity index (χ4n) is 2.25. The van der Waals surface area contributed by atoms with Crippen LogP contribution in [0, 0.1) is 6.92 Å². The molecule has 2 aromatic rings. The van der Waals surface area contributed by atoms with E-state index in [1.807, 2.05) is 43.3 Å². The molecule has 3 rings (SSSR count). The highest BCUT2D eigenvalue weighted by atomic mass is 35.5. The monoisotopic (exact) mass is 370 g/mol. The summed E-state index contributed by atoms with van der Waals surface area (Å²) in [5.41, 5.74) is 2.21. The minimum Gasteiger partial charge on any atom is -0.506 e. The number of phenols is 1. The predicted octanol–water partition coefficient (Wildman–Crippen LogP) is 4.71. The molecule has 1 heterocycles. The quantitative estimate of drug-likeness (QED) is 0.769. The predicted molar refractivity (Wildman–Crippen MR) is 104 cm³/mol. The van der Waals surface area contributed by atoms with E-state index in [-0.39, 0.29) is 11.7 Å². The first kappa shape index (κ1) is 17.3. The van der Waals surface area contributed by atoms with E-state index in [2.05, 4.69) is 10.3 Å². The first-order chi connectivity index (χ1) is 12.0. The highest BCUT2D eigenvalue weighted by Gasteiger charge is 2.24. The number of rotatable bonds is 3. The standard InChI is InChI=1S/C19H15ClN2O2S/c1-12-6-5-9-15(23)17(12)21-19-22-18(24)16(25-19)11-14(20)10-13-7-3-2-4-8-13/h2-11,23H,1H3,(H,21,22,24)/b14-10-,16-11-. The van der Waals surface area contributed by atoms with Gasteiger partial charge in [-0.1, -0.05) is 54.1 Å². The number of hydrogen-bond donors (Lipinski definition) is 2. The Balaban J connectivity index is 1.83. The number of carbonyl (C=O) groups excluding carboxylic acids is 1. The number of hydrogen-bond acceptors (Lipinski definition) is 4. The highest BCUT2D eigenvalue weighted by Crippen LogP contribution is 2.33. The topological polar surface area (TPSA) is 61.7 Å². The summed E-state index contributed by atoms with van der Waals surface area (Å²) in [6.07, 6.45) is 3.39. The zero-order valence-corrected chi connectivity index (χ0v) is 14.9. The van der Waals surface area contributed by atoms with Crippen LogP contribution in [0.1, 0.15) is 11.1 Å². The Morgan fingerprint density at radius 2 is 1.96 bits per heavy atom. The Kier molecular flexibility index (Phi) is 5.26. The van der Waals surface area contributed by atoms with Gasteiger partial charge in [-0.25, -0.2) is 4.99 Å². The molecule has 1 aliphatic heterocycles. The van der Waals surface area contributed by atoms with Gasteiger partial charge in [-0.2, -0.15) is 0 Å². The first-order valence-electron chi connectivity index (χ1n) is 7.53. The Labute approximate surface area is 154 Å². The van der Waals surface area contributed by atoms with Crippen molar-refractivity contribution in [1.82, 2.24) is 5.32 Å². The van der Waals surface area contributed by atoms with Crippen LogP contribution in [0.25, 0.3) is 6.08 Å². The van der Waals surface area contributed by atoms with Gasteiger partial charge >= 0.3 is 0 Å². The summed E-state index contributed by atoms with van der Waals surface area (Å²) in [4.78, 5) is 16.9. The maximum Gasteiger partial charge on any atom is 0.264 e. The van der Waals surface area contributed by atoms with E-state index in [4.69, 9.17) is 11.6 Å². The van der Waals surface area contributed by atoms with Gasteiger partial charge in [0.15, 0.2) is 5.17 Å². The van der Waals surface area contributed by atoms with Crippen molar-refractivity contribution in [2.75, 3.05) is 0 Å². The van der Waals surface area contributed by atoms with Gasteiger partial charge < -0.3 is 10.4 Å². The molecule has 25 heavy (non-hydrogen) atoms. The molecule has 1 amide bonds. The van der Waals surface area contributed by atoms with Crippen LogP contribution in [0.3, 0.4) is 0 Å². The number of phenolic OH excluding ortho intramolecular Hbond substituents is 1. The molecule has 0 atom stereocenters. The lowest BCUT2D eigenvalue weighted by Gasteiger charge is -2.03.